The molecule has 2 heteroatoms. The highest BCUT2D eigenvalue weighted by Gasteiger charge is 2.74. The molecule has 0 bridgehead atoms. The number of rotatable bonds is 4. The third-order valence-electron chi connectivity index (χ3n) is 6.27. The molecule has 1 N–H and O–H groups in total. The molecule has 0 amide bonds. The van der Waals surface area contributed by atoms with E-state index < -0.39 is 16.8 Å². The van der Waals surface area contributed by atoms with Crippen LogP contribution in [0.2, 0.25) is 0 Å². The number of aliphatic carboxylic acids is 1. The summed E-state index contributed by atoms with van der Waals surface area (Å²) in [7, 11) is 0. The number of carbonyl (C=O) groups is 1. The highest BCUT2D eigenvalue weighted by Crippen LogP contribution is 2.69. The topological polar surface area (TPSA) is 37.3 Å². The van der Waals surface area contributed by atoms with E-state index in [1.807, 2.05) is 66.7 Å². The molecule has 1 aliphatic carbocycles. The van der Waals surface area contributed by atoms with Crippen molar-refractivity contribution in [1.82, 2.24) is 0 Å². The molecule has 1 aliphatic rings. The Morgan fingerprint density at radius 2 is 1.18 bits per heavy atom. The third-order valence-corrected chi connectivity index (χ3v) is 6.27. The van der Waals surface area contributed by atoms with Crippen LogP contribution < -0.4 is 0 Å². The fraction of sp³-hybridized carbons (Fsp3) is 0.115. The SMILES string of the molecule is O=C(O)[C@@]1(c2ccc3ccccc3c2)CC1(c1ccccc1)c1ccccc1. The van der Waals surface area contributed by atoms with Gasteiger partial charge in [0.15, 0.2) is 0 Å². The van der Waals surface area contributed by atoms with Crippen LogP contribution in [0, 0.1) is 0 Å². The molecule has 0 unspecified atom stereocenters. The lowest BCUT2D eigenvalue weighted by Crippen LogP contribution is -2.31. The molecule has 0 radical (unpaired) electrons. The number of fused-ring (bicyclic) bond motifs is 1. The zero-order chi connectivity index (χ0) is 19.2. The average molecular weight is 364 g/mol. The van der Waals surface area contributed by atoms with Gasteiger partial charge in [-0.25, -0.2) is 0 Å². The number of hydrogen-bond acceptors (Lipinski definition) is 1. The quantitative estimate of drug-likeness (QED) is 0.515. The maximum Gasteiger partial charge on any atom is 0.315 e. The first-order valence-corrected chi connectivity index (χ1v) is 9.52. The van der Waals surface area contributed by atoms with Crippen LogP contribution in [-0.4, -0.2) is 11.1 Å². The fourth-order valence-electron chi connectivity index (χ4n) is 4.85. The standard InChI is InChI=1S/C26H20O2/c27-24(28)26(23-16-15-19-9-7-8-10-20(19)17-23)18-25(26,21-11-3-1-4-12-21)22-13-5-2-6-14-22/h1-17H,18H2,(H,27,28)/t26-/m0/s1. The molecule has 28 heavy (non-hydrogen) atoms. The van der Waals surface area contributed by atoms with E-state index >= 15 is 0 Å². The summed E-state index contributed by atoms with van der Waals surface area (Å²) in [6.07, 6.45) is 0.557. The molecule has 0 saturated heterocycles. The van der Waals surface area contributed by atoms with Gasteiger partial charge in [0.25, 0.3) is 0 Å². The van der Waals surface area contributed by atoms with E-state index in [4.69, 9.17) is 0 Å². The first-order valence-electron chi connectivity index (χ1n) is 9.52. The molecule has 1 atom stereocenters. The summed E-state index contributed by atoms with van der Waals surface area (Å²) in [6, 6.07) is 34.3. The Morgan fingerprint density at radius 1 is 0.643 bits per heavy atom. The molecule has 1 fully saturated rings. The summed E-state index contributed by atoms with van der Waals surface area (Å²) in [5.74, 6) is -0.768. The first-order chi connectivity index (χ1) is 13.7. The Morgan fingerprint density at radius 3 is 1.75 bits per heavy atom. The summed E-state index contributed by atoms with van der Waals surface area (Å²) in [5.41, 5.74) is 1.43. The van der Waals surface area contributed by atoms with E-state index in [1.165, 1.54) is 0 Å². The molecule has 4 aromatic rings. The molecule has 136 valence electrons. The van der Waals surface area contributed by atoms with Crippen LogP contribution in [-0.2, 0) is 15.6 Å². The highest BCUT2D eigenvalue weighted by atomic mass is 16.4. The smallest absolute Gasteiger partial charge is 0.315 e. The molecular weight excluding hydrogens is 344 g/mol. The van der Waals surface area contributed by atoms with E-state index in [0.717, 1.165) is 27.5 Å². The minimum absolute atomic E-state index is 0.557. The summed E-state index contributed by atoms with van der Waals surface area (Å²) >= 11 is 0. The van der Waals surface area contributed by atoms with Crippen LogP contribution in [0.1, 0.15) is 23.1 Å². The molecule has 2 nitrogen and oxygen atoms in total. The zero-order valence-electron chi connectivity index (χ0n) is 15.4. The monoisotopic (exact) mass is 364 g/mol. The van der Waals surface area contributed by atoms with Crippen molar-refractivity contribution in [2.24, 2.45) is 0 Å². The maximum absolute atomic E-state index is 12.8. The minimum atomic E-state index is -0.972. The third kappa shape index (κ3) is 2.18. The lowest BCUT2D eigenvalue weighted by Gasteiger charge is -2.25. The van der Waals surface area contributed by atoms with Crippen molar-refractivity contribution in [2.75, 3.05) is 0 Å². The number of benzene rings is 4. The van der Waals surface area contributed by atoms with Gasteiger partial charge in [-0.1, -0.05) is 97.1 Å². The molecular formula is C26H20O2. The highest BCUT2D eigenvalue weighted by molar-refractivity contribution is 5.94. The van der Waals surface area contributed by atoms with Crippen molar-refractivity contribution in [3.63, 3.8) is 0 Å². The van der Waals surface area contributed by atoms with Crippen molar-refractivity contribution in [3.05, 3.63) is 120 Å². The van der Waals surface area contributed by atoms with Gasteiger partial charge in [-0.15, -0.1) is 0 Å². The minimum Gasteiger partial charge on any atom is -0.481 e. The Bertz CT molecular complexity index is 1130. The van der Waals surface area contributed by atoms with E-state index in [-0.39, 0.29) is 0 Å². The summed E-state index contributed by atoms with van der Waals surface area (Å²) < 4.78 is 0. The van der Waals surface area contributed by atoms with Crippen LogP contribution in [0.25, 0.3) is 10.8 Å². The molecule has 0 aromatic heterocycles. The van der Waals surface area contributed by atoms with Crippen molar-refractivity contribution < 1.29 is 9.90 Å². The normalized spacial score (nSPS) is 20.0. The van der Waals surface area contributed by atoms with Crippen LogP contribution in [0.5, 0.6) is 0 Å². The summed E-state index contributed by atoms with van der Waals surface area (Å²) in [4.78, 5) is 12.8. The molecule has 0 spiro atoms. The van der Waals surface area contributed by atoms with Crippen LogP contribution in [0.15, 0.2) is 103 Å². The molecule has 0 aliphatic heterocycles. The Hall–Kier alpha value is -3.39. The Kier molecular flexibility index (Phi) is 3.63. The molecule has 5 rings (SSSR count). The van der Waals surface area contributed by atoms with Gasteiger partial charge in [0, 0.05) is 5.41 Å². The van der Waals surface area contributed by atoms with E-state index in [2.05, 4.69) is 36.4 Å². The van der Waals surface area contributed by atoms with Crippen molar-refractivity contribution in [1.29, 1.82) is 0 Å². The number of carboxylic acids is 1. The van der Waals surface area contributed by atoms with Gasteiger partial charge in [-0.3, -0.25) is 4.79 Å². The molecule has 1 saturated carbocycles. The average Bonchev–Trinajstić information content (AvgIpc) is 3.48. The molecule has 0 heterocycles. The van der Waals surface area contributed by atoms with Crippen LogP contribution >= 0.6 is 0 Å². The van der Waals surface area contributed by atoms with Crippen molar-refractivity contribution >= 4 is 16.7 Å². The predicted octanol–water partition coefficient (Wildman–Crippen LogP) is 5.55. The van der Waals surface area contributed by atoms with Crippen molar-refractivity contribution in [3.8, 4) is 0 Å². The second-order valence-electron chi connectivity index (χ2n) is 7.59. The lowest BCUT2D eigenvalue weighted by atomic mass is 9.77. The first kappa shape index (κ1) is 16.8. The second kappa shape index (κ2) is 6.07. The van der Waals surface area contributed by atoms with Gasteiger partial charge in [-0.05, 0) is 39.9 Å². The predicted molar refractivity (Wildman–Crippen MR) is 112 cm³/mol. The van der Waals surface area contributed by atoms with E-state index in [0.29, 0.717) is 6.42 Å². The summed E-state index contributed by atoms with van der Waals surface area (Å²) in [5, 5.41) is 12.7. The maximum atomic E-state index is 12.8. The number of carboxylic acid groups (broad SMARTS) is 1. The second-order valence-corrected chi connectivity index (χ2v) is 7.59. The molecule has 4 aromatic carbocycles. The summed E-state index contributed by atoms with van der Waals surface area (Å²) in [6.45, 7) is 0. The Balaban J connectivity index is 1.78. The number of hydrogen-bond donors (Lipinski definition) is 1. The Labute approximate surface area is 164 Å². The van der Waals surface area contributed by atoms with Crippen LogP contribution in [0.3, 0.4) is 0 Å². The van der Waals surface area contributed by atoms with Gasteiger partial charge in [0.2, 0.25) is 0 Å². The van der Waals surface area contributed by atoms with Crippen LogP contribution in [0.4, 0.5) is 0 Å². The van der Waals surface area contributed by atoms with Gasteiger partial charge in [-0.2, -0.15) is 0 Å². The van der Waals surface area contributed by atoms with Gasteiger partial charge in [0.05, 0.1) is 0 Å². The van der Waals surface area contributed by atoms with Gasteiger partial charge >= 0.3 is 5.97 Å². The van der Waals surface area contributed by atoms with Gasteiger partial charge in [0.1, 0.15) is 5.41 Å². The van der Waals surface area contributed by atoms with Gasteiger partial charge < -0.3 is 5.11 Å². The van der Waals surface area contributed by atoms with E-state index in [1.54, 1.807) is 0 Å². The lowest BCUT2D eigenvalue weighted by molar-refractivity contribution is -0.140. The van der Waals surface area contributed by atoms with E-state index in [9.17, 15) is 9.90 Å². The van der Waals surface area contributed by atoms with Crippen molar-refractivity contribution in [2.45, 2.75) is 17.3 Å². The fourth-order valence-corrected chi connectivity index (χ4v) is 4.85. The zero-order valence-corrected chi connectivity index (χ0v) is 15.4. The largest absolute Gasteiger partial charge is 0.481 e.